The van der Waals surface area contributed by atoms with Crippen molar-refractivity contribution in [3.05, 3.63) is 28.2 Å². The molecule has 0 aliphatic carbocycles. The van der Waals surface area contributed by atoms with E-state index in [1.54, 1.807) is 0 Å². The minimum Gasteiger partial charge on any atom is -0.370 e. The van der Waals surface area contributed by atoms with Crippen LogP contribution in [-0.2, 0) is 4.79 Å². The van der Waals surface area contributed by atoms with E-state index in [1.165, 1.54) is 0 Å². The third-order valence-corrected chi connectivity index (χ3v) is 4.00. The summed E-state index contributed by atoms with van der Waals surface area (Å²) in [6.07, 6.45) is 1.51. The fourth-order valence-corrected chi connectivity index (χ4v) is 2.74. The minimum atomic E-state index is -0.218. The van der Waals surface area contributed by atoms with E-state index in [1.807, 2.05) is 18.2 Å². The SMILES string of the molecule is N#Cc1c(Br)cccc1N1CCC(C(N)=O)CC1. The summed E-state index contributed by atoms with van der Waals surface area (Å²) < 4.78 is 0.805. The van der Waals surface area contributed by atoms with Gasteiger partial charge in [-0.05, 0) is 40.9 Å². The molecule has 2 N–H and O–H groups in total. The number of carbonyl (C=O) groups excluding carboxylic acids is 1. The number of hydrogen-bond acceptors (Lipinski definition) is 3. The summed E-state index contributed by atoms with van der Waals surface area (Å²) in [5, 5.41) is 9.19. The number of rotatable bonds is 2. The number of amides is 1. The Balaban J connectivity index is 2.18. The molecule has 1 amide bonds. The Morgan fingerprint density at radius 3 is 2.67 bits per heavy atom. The first-order chi connectivity index (χ1) is 8.63. The first kappa shape index (κ1) is 12.9. The van der Waals surface area contributed by atoms with Crippen LogP contribution in [0.15, 0.2) is 22.7 Å². The van der Waals surface area contributed by atoms with Crippen LogP contribution in [0.2, 0.25) is 0 Å². The van der Waals surface area contributed by atoms with Crippen LogP contribution < -0.4 is 10.6 Å². The number of hydrogen-bond donors (Lipinski definition) is 1. The molecule has 1 heterocycles. The van der Waals surface area contributed by atoms with Crippen LogP contribution in [0.1, 0.15) is 18.4 Å². The van der Waals surface area contributed by atoms with Crippen LogP contribution in [0.5, 0.6) is 0 Å². The zero-order valence-electron chi connectivity index (χ0n) is 9.90. The van der Waals surface area contributed by atoms with Gasteiger partial charge in [0.15, 0.2) is 0 Å². The molecule has 4 nitrogen and oxygen atoms in total. The maximum atomic E-state index is 11.1. The predicted octanol–water partition coefficient (Wildman–Crippen LogP) is 2.02. The van der Waals surface area contributed by atoms with Gasteiger partial charge in [0.25, 0.3) is 0 Å². The van der Waals surface area contributed by atoms with Crippen molar-refractivity contribution in [3.63, 3.8) is 0 Å². The molecular formula is C13H14BrN3O. The molecule has 1 aliphatic rings. The normalized spacial score (nSPS) is 16.3. The number of nitrogens with two attached hydrogens (primary N) is 1. The molecule has 5 heteroatoms. The van der Waals surface area contributed by atoms with E-state index < -0.39 is 0 Å². The van der Waals surface area contributed by atoms with Gasteiger partial charge >= 0.3 is 0 Å². The van der Waals surface area contributed by atoms with Gasteiger partial charge < -0.3 is 10.6 Å². The molecule has 0 radical (unpaired) electrons. The van der Waals surface area contributed by atoms with Gasteiger partial charge in [0.2, 0.25) is 5.91 Å². The Morgan fingerprint density at radius 2 is 2.11 bits per heavy atom. The van der Waals surface area contributed by atoms with E-state index in [9.17, 15) is 10.1 Å². The van der Waals surface area contributed by atoms with Gasteiger partial charge in [0, 0.05) is 23.5 Å². The quantitative estimate of drug-likeness (QED) is 0.908. The molecule has 0 spiro atoms. The van der Waals surface area contributed by atoms with Crippen LogP contribution >= 0.6 is 15.9 Å². The highest BCUT2D eigenvalue weighted by Crippen LogP contribution is 2.30. The standard InChI is InChI=1S/C13H14BrN3O/c14-11-2-1-3-12(10(11)8-15)17-6-4-9(5-7-17)13(16)18/h1-3,9H,4-7H2,(H2,16,18). The molecule has 0 aromatic heterocycles. The summed E-state index contributed by atoms with van der Waals surface area (Å²) in [4.78, 5) is 13.3. The number of nitrogens with zero attached hydrogens (tertiary/aromatic N) is 2. The van der Waals surface area contributed by atoms with Gasteiger partial charge in [-0.25, -0.2) is 0 Å². The summed E-state index contributed by atoms with van der Waals surface area (Å²) in [6.45, 7) is 1.53. The molecule has 0 unspecified atom stereocenters. The molecule has 18 heavy (non-hydrogen) atoms. The lowest BCUT2D eigenvalue weighted by Crippen LogP contribution is -2.38. The number of nitriles is 1. The Bertz CT molecular complexity index is 501. The van der Waals surface area contributed by atoms with E-state index >= 15 is 0 Å². The van der Waals surface area contributed by atoms with Crippen LogP contribution in [0.4, 0.5) is 5.69 Å². The van der Waals surface area contributed by atoms with Crippen molar-refractivity contribution in [2.75, 3.05) is 18.0 Å². The van der Waals surface area contributed by atoms with Crippen molar-refractivity contribution in [2.24, 2.45) is 11.7 Å². The molecule has 0 saturated carbocycles. The third-order valence-electron chi connectivity index (χ3n) is 3.34. The molecule has 2 rings (SSSR count). The Kier molecular flexibility index (Phi) is 3.87. The molecule has 1 aromatic rings. The van der Waals surface area contributed by atoms with Gasteiger partial charge in [0.1, 0.15) is 6.07 Å². The topological polar surface area (TPSA) is 70.1 Å². The number of anilines is 1. The van der Waals surface area contributed by atoms with Gasteiger partial charge in [-0.1, -0.05) is 6.07 Å². The van der Waals surface area contributed by atoms with Crippen LogP contribution in [0, 0.1) is 17.2 Å². The molecule has 0 atom stereocenters. The highest BCUT2D eigenvalue weighted by Gasteiger charge is 2.24. The second-order valence-corrected chi connectivity index (χ2v) is 5.26. The molecule has 1 aliphatic heterocycles. The summed E-state index contributed by atoms with van der Waals surface area (Å²) in [5.41, 5.74) is 6.89. The largest absolute Gasteiger partial charge is 0.370 e. The summed E-state index contributed by atoms with van der Waals surface area (Å²) in [6, 6.07) is 7.93. The van der Waals surface area contributed by atoms with Crippen LogP contribution in [0.25, 0.3) is 0 Å². The Labute approximate surface area is 115 Å². The lowest BCUT2D eigenvalue weighted by molar-refractivity contribution is -0.122. The molecule has 1 aromatic carbocycles. The Hall–Kier alpha value is -1.54. The predicted molar refractivity (Wildman–Crippen MR) is 73.0 cm³/mol. The van der Waals surface area contributed by atoms with Gasteiger partial charge in [-0.3, -0.25) is 4.79 Å². The average Bonchev–Trinajstić information content (AvgIpc) is 2.38. The second kappa shape index (κ2) is 5.40. The average molecular weight is 308 g/mol. The summed E-state index contributed by atoms with van der Waals surface area (Å²) >= 11 is 3.39. The fraction of sp³-hybridized carbons (Fsp3) is 0.385. The van der Waals surface area contributed by atoms with Crippen LogP contribution in [0.3, 0.4) is 0 Å². The van der Waals surface area contributed by atoms with Crippen molar-refractivity contribution in [3.8, 4) is 6.07 Å². The van der Waals surface area contributed by atoms with Crippen molar-refractivity contribution >= 4 is 27.5 Å². The van der Waals surface area contributed by atoms with Crippen molar-refractivity contribution in [1.29, 1.82) is 5.26 Å². The van der Waals surface area contributed by atoms with Gasteiger partial charge in [-0.15, -0.1) is 0 Å². The number of benzene rings is 1. The zero-order valence-corrected chi connectivity index (χ0v) is 11.5. The maximum Gasteiger partial charge on any atom is 0.220 e. The van der Waals surface area contributed by atoms with E-state index in [-0.39, 0.29) is 11.8 Å². The molecule has 0 bridgehead atoms. The van der Waals surface area contributed by atoms with Gasteiger partial charge in [-0.2, -0.15) is 5.26 Å². The Morgan fingerprint density at radius 1 is 1.44 bits per heavy atom. The van der Waals surface area contributed by atoms with Crippen molar-refractivity contribution in [2.45, 2.75) is 12.8 Å². The second-order valence-electron chi connectivity index (χ2n) is 4.41. The lowest BCUT2D eigenvalue weighted by Gasteiger charge is -2.33. The number of halogens is 1. The van der Waals surface area contributed by atoms with E-state index in [4.69, 9.17) is 5.73 Å². The molecule has 94 valence electrons. The molecule has 1 saturated heterocycles. The number of piperidine rings is 1. The van der Waals surface area contributed by atoms with E-state index in [0.717, 1.165) is 36.1 Å². The first-order valence-corrected chi connectivity index (χ1v) is 6.65. The van der Waals surface area contributed by atoms with Gasteiger partial charge in [0.05, 0.1) is 11.3 Å². The minimum absolute atomic E-state index is 0.0288. The number of primary amides is 1. The molecular weight excluding hydrogens is 294 g/mol. The first-order valence-electron chi connectivity index (χ1n) is 5.86. The van der Waals surface area contributed by atoms with Crippen molar-refractivity contribution < 1.29 is 4.79 Å². The summed E-state index contributed by atoms with van der Waals surface area (Å²) in [7, 11) is 0. The third kappa shape index (κ3) is 2.49. The lowest BCUT2D eigenvalue weighted by atomic mass is 9.95. The maximum absolute atomic E-state index is 11.1. The monoisotopic (exact) mass is 307 g/mol. The number of carbonyl (C=O) groups is 1. The van der Waals surface area contributed by atoms with E-state index in [0.29, 0.717) is 5.56 Å². The zero-order chi connectivity index (χ0) is 13.1. The summed E-state index contributed by atoms with van der Waals surface area (Å²) in [5.74, 6) is -0.247. The highest BCUT2D eigenvalue weighted by atomic mass is 79.9. The smallest absolute Gasteiger partial charge is 0.220 e. The van der Waals surface area contributed by atoms with E-state index in [2.05, 4.69) is 26.9 Å². The van der Waals surface area contributed by atoms with Crippen molar-refractivity contribution in [1.82, 2.24) is 0 Å². The highest BCUT2D eigenvalue weighted by molar-refractivity contribution is 9.10. The fourth-order valence-electron chi connectivity index (χ4n) is 2.29. The molecule has 1 fully saturated rings. The van der Waals surface area contributed by atoms with Crippen LogP contribution in [-0.4, -0.2) is 19.0 Å².